The SMILES string of the molecule is [N-]=[N+]=Nc1ccc(C[C@H]([NH3+])C(=O)O)cc1.[N-]=[N+]=[N-]. The van der Waals surface area contributed by atoms with Crippen LogP contribution in [0, 0.1) is 0 Å². The standard InChI is InChI=1S/C9H10N4O2.N3/c10-8(9(14)15)5-6-1-3-7(4-2-6)12-13-11;1-3-2/h1-4,8H,5,10H2,(H,14,15);/q;-1/p+1/t8-;/m0./s1. The summed E-state index contributed by atoms with van der Waals surface area (Å²) in [5.41, 5.74) is 26.6. The van der Waals surface area contributed by atoms with Crippen molar-refractivity contribution in [2.24, 2.45) is 5.11 Å². The second-order valence-electron chi connectivity index (χ2n) is 3.18. The van der Waals surface area contributed by atoms with Gasteiger partial charge >= 0.3 is 5.97 Å². The Morgan fingerprint density at radius 2 is 1.83 bits per heavy atom. The van der Waals surface area contributed by atoms with E-state index in [4.69, 9.17) is 21.7 Å². The van der Waals surface area contributed by atoms with E-state index in [1.54, 1.807) is 24.3 Å². The number of hydrogen-bond donors (Lipinski definition) is 2. The van der Waals surface area contributed by atoms with E-state index in [1.165, 1.54) is 4.91 Å². The van der Waals surface area contributed by atoms with E-state index >= 15 is 0 Å². The van der Waals surface area contributed by atoms with Gasteiger partial charge in [0.25, 0.3) is 0 Å². The molecule has 1 aromatic rings. The minimum absolute atomic E-state index is 0.367. The first-order valence-corrected chi connectivity index (χ1v) is 4.73. The molecule has 1 rings (SSSR count). The first kappa shape index (κ1) is 15.3. The topological polar surface area (TPSA) is 172 Å². The lowest BCUT2D eigenvalue weighted by atomic mass is 10.1. The maximum absolute atomic E-state index is 10.5. The third-order valence-electron chi connectivity index (χ3n) is 1.93. The van der Waals surface area contributed by atoms with Gasteiger partial charge in [-0.1, -0.05) is 29.4 Å². The maximum atomic E-state index is 10.5. The maximum Gasteiger partial charge on any atom is 0.362 e. The number of rotatable bonds is 4. The molecular formula is C9H11N7O2. The Balaban J connectivity index is 0.000000873. The molecule has 0 spiro atoms. The van der Waals surface area contributed by atoms with E-state index in [0.29, 0.717) is 12.1 Å². The highest BCUT2D eigenvalue weighted by Crippen LogP contribution is 2.13. The van der Waals surface area contributed by atoms with Crippen LogP contribution in [0.4, 0.5) is 5.69 Å². The molecule has 0 saturated heterocycles. The van der Waals surface area contributed by atoms with Crippen molar-refractivity contribution < 1.29 is 15.6 Å². The summed E-state index contributed by atoms with van der Waals surface area (Å²) in [6.07, 6.45) is 0.367. The second kappa shape index (κ2) is 8.43. The third-order valence-corrected chi connectivity index (χ3v) is 1.93. The molecule has 94 valence electrons. The number of quaternary nitrogens is 1. The average molecular weight is 249 g/mol. The number of aliphatic carboxylic acids is 1. The predicted molar refractivity (Wildman–Crippen MR) is 63.3 cm³/mol. The van der Waals surface area contributed by atoms with E-state index in [1.807, 2.05) is 0 Å². The highest BCUT2D eigenvalue weighted by molar-refractivity contribution is 5.71. The zero-order valence-electron chi connectivity index (χ0n) is 9.34. The molecule has 0 saturated carbocycles. The van der Waals surface area contributed by atoms with Gasteiger partial charge in [0.05, 0.1) is 0 Å². The van der Waals surface area contributed by atoms with Gasteiger partial charge in [0.1, 0.15) is 0 Å². The van der Waals surface area contributed by atoms with Crippen molar-refractivity contribution in [3.63, 3.8) is 0 Å². The highest BCUT2D eigenvalue weighted by Gasteiger charge is 2.15. The normalized spacial score (nSPS) is 10.1. The number of benzene rings is 1. The van der Waals surface area contributed by atoms with Crippen LogP contribution in [0.3, 0.4) is 0 Å². The fourth-order valence-electron chi connectivity index (χ4n) is 1.12. The molecule has 1 aromatic carbocycles. The molecule has 0 bridgehead atoms. The molecule has 0 unspecified atom stereocenters. The monoisotopic (exact) mass is 249 g/mol. The number of carboxylic acids is 1. The Kier molecular flexibility index (Phi) is 7.15. The molecule has 0 heterocycles. The van der Waals surface area contributed by atoms with Gasteiger partial charge in [-0.15, -0.1) is 0 Å². The van der Waals surface area contributed by atoms with Crippen LogP contribution in [-0.4, -0.2) is 17.1 Å². The molecule has 0 aliphatic carbocycles. The first-order valence-electron chi connectivity index (χ1n) is 4.73. The zero-order chi connectivity index (χ0) is 14.0. The van der Waals surface area contributed by atoms with Gasteiger partial charge in [-0.2, -0.15) is 0 Å². The summed E-state index contributed by atoms with van der Waals surface area (Å²) < 4.78 is 0. The Morgan fingerprint density at radius 1 is 1.33 bits per heavy atom. The van der Waals surface area contributed by atoms with Crippen molar-refractivity contribution in [3.05, 3.63) is 56.2 Å². The first-order chi connectivity index (χ1) is 8.54. The Hall–Kier alpha value is -2.73. The van der Waals surface area contributed by atoms with Crippen LogP contribution >= 0.6 is 0 Å². The van der Waals surface area contributed by atoms with Gasteiger partial charge in [0, 0.05) is 17.0 Å². The number of nitrogens with zero attached hydrogens (tertiary/aromatic N) is 6. The Labute approximate surface area is 102 Å². The molecule has 9 heteroatoms. The number of azide groups is 1. The molecule has 0 radical (unpaired) electrons. The fourth-order valence-corrected chi connectivity index (χ4v) is 1.12. The highest BCUT2D eigenvalue weighted by atomic mass is 16.4. The molecule has 0 amide bonds. The Bertz CT molecular complexity index is 472. The van der Waals surface area contributed by atoms with Crippen LogP contribution in [0.2, 0.25) is 0 Å². The smallest absolute Gasteiger partial charge is 0.362 e. The van der Waals surface area contributed by atoms with Crippen molar-refractivity contribution in [2.45, 2.75) is 12.5 Å². The Morgan fingerprint density at radius 3 is 2.22 bits per heavy atom. The van der Waals surface area contributed by atoms with Gasteiger partial charge in [0.2, 0.25) is 0 Å². The summed E-state index contributed by atoms with van der Waals surface area (Å²) in [6.45, 7) is 0. The molecule has 9 nitrogen and oxygen atoms in total. The van der Waals surface area contributed by atoms with E-state index in [2.05, 4.69) is 15.8 Å². The van der Waals surface area contributed by atoms with Crippen molar-refractivity contribution >= 4 is 11.7 Å². The largest absolute Gasteiger partial charge is 0.477 e. The minimum atomic E-state index is -0.922. The summed E-state index contributed by atoms with van der Waals surface area (Å²) in [6, 6.07) is 6.08. The van der Waals surface area contributed by atoms with Gasteiger partial charge in [-0.05, 0) is 11.1 Å². The number of carbonyl (C=O) groups is 1. The van der Waals surface area contributed by atoms with Crippen LogP contribution in [0.25, 0.3) is 26.4 Å². The lowest BCUT2D eigenvalue weighted by Crippen LogP contribution is -2.65. The molecule has 4 N–H and O–H groups in total. The fraction of sp³-hybridized carbons (Fsp3) is 0.222. The quantitative estimate of drug-likeness (QED) is 0.470. The molecule has 0 aromatic heterocycles. The second-order valence-corrected chi connectivity index (χ2v) is 3.18. The van der Waals surface area contributed by atoms with Gasteiger partial charge < -0.3 is 21.9 Å². The van der Waals surface area contributed by atoms with Crippen molar-refractivity contribution in [3.8, 4) is 0 Å². The lowest BCUT2D eigenvalue weighted by Gasteiger charge is -2.03. The van der Waals surface area contributed by atoms with E-state index in [0.717, 1.165) is 5.56 Å². The summed E-state index contributed by atoms with van der Waals surface area (Å²) in [7, 11) is 0. The summed E-state index contributed by atoms with van der Waals surface area (Å²) in [4.78, 5) is 14.7. The van der Waals surface area contributed by atoms with Crippen LogP contribution in [0.5, 0.6) is 0 Å². The average Bonchev–Trinajstić information content (AvgIpc) is 2.33. The van der Waals surface area contributed by atoms with Crippen molar-refractivity contribution in [2.75, 3.05) is 0 Å². The third kappa shape index (κ3) is 5.99. The number of hydrogen-bond acceptors (Lipinski definition) is 2. The molecular weight excluding hydrogens is 238 g/mol. The molecule has 18 heavy (non-hydrogen) atoms. The molecule has 0 aliphatic heterocycles. The predicted octanol–water partition coefficient (Wildman–Crippen LogP) is 1.73. The van der Waals surface area contributed by atoms with Crippen molar-refractivity contribution in [1.29, 1.82) is 0 Å². The lowest BCUT2D eigenvalue weighted by molar-refractivity contribution is -0.407. The van der Waals surface area contributed by atoms with Gasteiger partial charge in [-0.3, -0.25) is 4.91 Å². The van der Waals surface area contributed by atoms with Crippen LogP contribution < -0.4 is 5.73 Å². The van der Waals surface area contributed by atoms with E-state index < -0.39 is 12.0 Å². The summed E-state index contributed by atoms with van der Waals surface area (Å²) >= 11 is 0. The van der Waals surface area contributed by atoms with Crippen LogP contribution in [0.1, 0.15) is 5.56 Å². The molecule has 0 aliphatic rings. The van der Waals surface area contributed by atoms with Gasteiger partial charge in [0.15, 0.2) is 6.04 Å². The summed E-state index contributed by atoms with van der Waals surface area (Å²) in [5, 5.41) is 12.1. The zero-order valence-corrected chi connectivity index (χ0v) is 9.34. The summed E-state index contributed by atoms with van der Waals surface area (Å²) in [5.74, 6) is -0.922. The van der Waals surface area contributed by atoms with Crippen molar-refractivity contribution in [1.82, 2.24) is 0 Å². The van der Waals surface area contributed by atoms with Crippen LogP contribution in [-0.2, 0) is 11.2 Å². The van der Waals surface area contributed by atoms with E-state index in [9.17, 15) is 4.79 Å². The van der Waals surface area contributed by atoms with Gasteiger partial charge in [-0.25, -0.2) is 4.79 Å². The molecule has 1 atom stereocenters. The van der Waals surface area contributed by atoms with Crippen LogP contribution in [0.15, 0.2) is 29.4 Å². The minimum Gasteiger partial charge on any atom is -0.477 e. The molecule has 0 fully saturated rings. The number of carboxylic acid groups (broad SMARTS) is 1. The van der Waals surface area contributed by atoms with E-state index in [-0.39, 0.29) is 0 Å².